The van der Waals surface area contributed by atoms with E-state index in [4.69, 9.17) is 4.74 Å². The third-order valence-electron chi connectivity index (χ3n) is 5.49. The van der Waals surface area contributed by atoms with Gasteiger partial charge in [-0.15, -0.1) is 0 Å². The Morgan fingerprint density at radius 2 is 1.92 bits per heavy atom. The maximum Gasteiger partial charge on any atom is 0.320 e. The summed E-state index contributed by atoms with van der Waals surface area (Å²) in [6.07, 6.45) is 7.59. The molecule has 25 heavy (non-hydrogen) atoms. The maximum absolute atomic E-state index is 13.1. The van der Waals surface area contributed by atoms with Crippen molar-refractivity contribution < 1.29 is 13.9 Å². The van der Waals surface area contributed by atoms with Crippen molar-refractivity contribution in [3.05, 3.63) is 24.3 Å². The fraction of sp³-hybridized carbons (Fsp3) is 0.667. The maximum atomic E-state index is 13.1. The quantitative estimate of drug-likeness (QED) is 0.838. The van der Waals surface area contributed by atoms with Crippen LogP contribution in [0.4, 0.5) is 9.18 Å². The normalized spacial score (nSPS) is 22.9. The van der Waals surface area contributed by atoms with Gasteiger partial charge in [-0.1, -0.05) is 6.42 Å². The number of halogens is 1. The first-order chi connectivity index (χ1) is 12.2. The lowest BCUT2D eigenvalue weighted by atomic mass is 9.91. The predicted molar refractivity (Wildman–Crippen MR) is 91.0 cm³/mol. The van der Waals surface area contributed by atoms with Gasteiger partial charge in [0.25, 0.3) is 0 Å². The van der Waals surface area contributed by atoms with Gasteiger partial charge in [0, 0.05) is 38.3 Å². The highest BCUT2D eigenvalue weighted by Gasteiger charge is 2.36. The van der Waals surface area contributed by atoms with Gasteiger partial charge in [-0.3, -0.25) is 9.88 Å². The van der Waals surface area contributed by atoms with Gasteiger partial charge in [0.15, 0.2) is 0 Å². The second kappa shape index (κ2) is 7.15. The van der Waals surface area contributed by atoms with Crippen molar-refractivity contribution >= 4 is 6.03 Å². The van der Waals surface area contributed by atoms with E-state index >= 15 is 0 Å². The second-order valence-electron chi connectivity index (χ2n) is 7.23. The largest absolute Gasteiger partial charge is 0.485 e. The van der Waals surface area contributed by atoms with E-state index in [1.807, 2.05) is 9.80 Å². The van der Waals surface area contributed by atoms with Crippen LogP contribution in [-0.4, -0.2) is 77.1 Å². The van der Waals surface area contributed by atoms with Crippen LogP contribution in [0.5, 0.6) is 5.75 Å². The highest BCUT2D eigenvalue weighted by molar-refractivity contribution is 5.75. The van der Waals surface area contributed by atoms with E-state index in [9.17, 15) is 9.18 Å². The third kappa shape index (κ3) is 3.71. The summed E-state index contributed by atoms with van der Waals surface area (Å²) in [7, 11) is 0. The van der Waals surface area contributed by atoms with E-state index in [2.05, 4.69) is 9.88 Å². The van der Waals surface area contributed by atoms with E-state index in [0.29, 0.717) is 18.8 Å². The molecule has 3 fully saturated rings. The number of nitrogens with zero attached hydrogens (tertiary/aromatic N) is 4. The lowest BCUT2D eigenvalue weighted by Crippen LogP contribution is -2.60. The van der Waals surface area contributed by atoms with Crippen LogP contribution in [0.15, 0.2) is 18.5 Å². The van der Waals surface area contributed by atoms with Gasteiger partial charge < -0.3 is 14.5 Å². The van der Waals surface area contributed by atoms with Crippen LogP contribution in [0.25, 0.3) is 0 Å². The first kappa shape index (κ1) is 16.6. The molecule has 0 N–H and O–H groups in total. The summed E-state index contributed by atoms with van der Waals surface area (Å²) >= 11 is 0. The van der Waals surface area contributed by atoms with Crippen LogP contribution in [0.2, 0.25) is 0 Å². The molecule has 136 valence electrons. The Hall–Kier alpha value is -1.89. The Morgan fingerprint density at radius 3 is 2.64 bits per heavy atom. The predicted octanol–water partition coefficient (Wildman–Crippen LogP) is 1.96. The molecule has 1 aromatic heterocycles. The monoisotopic (exact) mass is 348 g/mol. The number of ether oxygens (including phenoxy) is 1. The van der Waals surface area contributed by atoms with Gasteiger partial charge >= 0.3 is 6.03 Å². The molecule has 0 spiro atoms. The number of urea groups is 1. The molecule has 1 aliphatic carbocycles. The summed E-state index contributed by atoms with van der Waals surface area (Å²) in [4.78, 5) is 22.8. The van der Waals surface area contributed by atoms with Crippen LogP contribution in [0, 0.1) is 5.82 Å². The van der Waals surface area contributed by atoms with E-state index in [0.717, 1.165) is 44.8 Å². The number of pyridine rings is 1. The Bertz CT molecular complexity index is 619. The molecule has 0 unspecified atom stereocenters. The van der Waals surface area contributed by atoms with Crippen LogP contribution in [0.3, 0.4) is 0 Å². The number of hydrogen-bond acceptors (Lipinski definition) is 4. The highest BCUT2D eigenvalue weighted by Crippen LogP contribution is 2.26. The summed E-state index contributed by atoms with van der Waals surface area (Å²) in [6.45, 7) is 4.84. The molecule has 2 amide bonds. The molecule has 1 aromatic rings. The third-order valence-corrected chi connectivity index (χ3v) is 5.49. The number of hydrogen-bond donors (Lipinski definition) is 0. The number of aromatic nitrogens is 1. The first-order valence-corrected chi connectivity index (χ1v) is 9.24. The van der Waals surface area contributed by atoms with E-state index in [-0.39, 0.29) is 12.1 Å². The lowest BCUT2D eigenvalue weighted by molar-refractivity contribution is 0.0305. The van der Waals surface area contributed by atoms with Gasteiger partial charge in [-0.25, -0.2) is 9.18 Å². The van der Waals surface area contributed by atoms with Crippen molar-refractivity contribution in [3.8, 4) is 5.75 Å². The minimum absolute atomic E-state index is 0.0778. The van der Waals surface area contributed by atoms with Crippen LogP contribution in [-0.2, 0) is 0 Å². The summed E-state index contributed by atoms with van der Waals surface area (Å²) in [5.41, 5.74) is 0. The molecule has 3 heterocycles. The Balaban J connectivity index is 1.24. The van der Waals surface area contributed by atoms with Crippen molar-refractivity contribution in [2.24, 2.45) is 0 Å². The molecule has 7 heteroatoms. The number of carbonyl (C=O) groups excluding carboxylic acids is 1. The molecular formula is C18H25FN4O2. The van der Waals surface area contributed by atoms with Crippen LogP contribution < -0.4 is 4.74 Å². The Labute approximate surface area is 147 Å². The molecule has 0 radical (unpaired) electrons. The van der Waals surface area contributed by atoms with Crippen LogP contribution >= 0.6 is 0 Å². The molecular weight excluding hydrogens is 323 g/mol. The molecule has 0 atom stereocenters. The molecule has 0 bridgehead atoms. The lowest BCUT2D eigenvalue weighted by Gasteiger charge is -2.41. The summed E-state index contributed by atoms with van der Waals surface area (Å²) in [6, 6.07) is 2.17. The van der Waals surface area contributed by atoms with Gasteiger partial charge in [-0.05, 0) is 19.3 Å². The zero-order chi connectivity index (χ0) is 17.2. The van der Waals surface area contributed by atoms with Gasteiger partial charge in [-0.2, -0.15) is 0 Å². The van der Waals surface area contributed by atoms with Gasteiger partial charge in [0.1, 0.15) is 17.7 Å². The second-order valence-corrected chi connectivity index (χ2v) is 7.23. The zero-order valence-electron chi connectivity index (χ0n) is 14.4. The number of carbonyl (C=O) groups is 1. The topological polar surface area (TPSA) is 48.9 Å². The Morgan fingerprint density at radius 1 is 1.08 bits per heavy atom. The molecule has 2 aliphatic heterocycles. The van der Waals surface area contributed by atoms with Crippen molar-refractivity contribution in [3.63, 3.8) is 0 Å². The minimum Gasteiger partial charge on any atom is -0.485 e. The fourth-order valence-electron chi connectivity index (χ4n) is 3.76. The molecule has 6 nitrogen and oxygen atoms in total. The smallest absolute Gasteiger partial charge is 0.320 e. The SMILES string of the molecule is O=C(N1CCCN(C2CCC2)CC1)N1CC(Oc2cncc(F)c2)C1. The molecule has 0 aromatic carbocycles. The average molecular weight is 348 g/mol. The zero-order valence-corrected chi connectivity index (χ0v) is 14.4. The number of likely N-dealkylation sites (tertiary alicyclic amines) is 1. The average Bonchev–Trinajstić information content (AvgIpc) is 2.74. The van der Waals surface area contributed by atoms with Crippen molar-refractivity contribution in [1.82, 2.24) is 19.7 Å². The van der Waals surface area contributed by atoms with E-state index < -0.39 is 5.82 Å². The highest BCUT2D eigenvalue weighted by atomic mass is 19.1. The van der Waals surface area contributed by atoms with Crippen LogP contribution in [0.1, 0.15) is 25.7 Å². The van der Waals surface area contributed by atoms with Gasteiger partial charge in [0.2, 0.25) is 0 Å². The fourth-order valence-corrected chi connectivity index (χ4v) is 3.76. The number of amides is 2. The van der Waals surface area contributed by atoms with Crippen molar-refractivity contribution in [2.45, 2.75) is 37.8 Å². The first-order valence-electron chi connectivity index (χ1n) is 9.24. The summed E-state index contributed by atoms with van der Waals surface area (Å²) in [5, 5.41) is 0. The molecule has 1 saturated carbocycles. The molecule has 2 saturated heterocycles. The number of rotatable bonds is 3. The van der Waals surface area contributed by atoms with E-state index in [1.54, 1.807) is 0 Å². The molecule has 3 aliphatic rings. The van der Waals surface area contributed by atoms with Crippen molar-refractivity contribution in [2.75, 3.05) is 39.3 Å². The standard InChI is InChI=1S/C18H25FN4O2/c19-14-9-16(11-20-10-14)25-17-12-23(13-17)18(24)22-6-2-5-21(7-8-22)15-3-1-4-15/h9-11,15,17H,1-8,12-13H2. The summed E-state index contributed by atoms with van der Waals surface area (Å²) < 4.78 is 18.8. The summed E-state index contributed by atoms with van der Waals surface area (Å²) in [5.74, 6) is 0.00773. The van der Waals surface area contributed by atoms with Gasteiger partial charge in [0.05, 0.1) is 25.5 Å². The molecule has 4 rings (SSSR count). The Kier molecular flexibility index (Phi) is 4.74. The van der Waals surface area contributed by atoms with Crippen molar-refractivity contribution in [1.29, 1.82) is 0 Å². The van der Waals surface area contributed by atoms with E-state index in [1.165, 1.54) is 31.5 Å². The minimum atomic E-state index is -0.412.